The third-order valence-corrected chi connectivity index (χ3v) is 3.23. The third-order valence-electron chi connectivity index (χ3n) is 2.11. The minimum absolute atomic E-state index is 0.425. The van der Waals surface area contributed by atoms with E-state index in [2.05, 4.69) is 29.5 Å². The van der Waals surface area contributed by atoms with Crippen LogP contribution in [0.4, 0.5) is 0 Å². The lowest BCUT2D eigenvalue weighted by Crippen LogP contribution is -1.99. The number of halogens is 1. The first kappa shape index (κ1) is 9.74. The third kappa shape index (κ3) is 1.70. The molecule has 0 spiro atoms. The van der Waals surface area contributed by atoms with E-state index in [4.69, 9.17) is 11.6 Å². The molecule has 0 radical (unpaired) electrons. The molecule has 0 saturated heterocycles. The maximum absolute atomic E-state index is 5.79. The molecule has 0 aliphatic rings. The molecule has 2 aromatic rings. The molecule has 0 saturated carbocycles. The topological polar surface area (TPSA) is 17.8 Å². The predicted octanol–water partition coefficient (Wildman–Crippen LogP) is 3.37. The summed E-state index contributed by atoms with van der Waals surface area (Å²) in [5.74, 6) is 0. The van der Waals surface area contributed by atoms with Gasteiger partial charge in [0.1, 0.15) is 11.7 Å². The fourth-order valence-corrected chi connectivity index (χ4v) is 2.28. The summed E-state index contributed by atoms with van der Waals surface area (Å²) in [7, 11) is 0. The fraction of sp³-hybridized carbons (Fsp3) is 0.300. The van der Waals surface area contributed by atoms with E-state index in [1.165, 1.54) is 10.6 Å². The molecule has 0 aromatic carbocycles. The molecule has 2 rings (SSSR count). The van der Waals surface area contributed by atoms with Crippen LogP contribution in [0.2, 0.25) is 0 Å². The van der Waals surface area contributed by atoms with Gasteiger partial charge in [0.2, 0.25) is 0 Å². The van der Waals surface area contributed by atoms with Crippen LogP contribution in [0.3, 0.4) is 0 Å². The molecule has 0 atom stereocenters. The number of alkyl halides is 1. The Labute approximate surface area is 92.1 Å². The first-order chi connectivity index (χ1) is 6.85. The molecule has 4 heteroatoms. The molecule has 2 heterocycles. The lowest BCUT2D eigenvalue weighted by Gasteiger charge is -1.97. The summed E-state index contributed by atoms with van der Waals surface area (Å²) >= 11 is 7.49. The van der Waals surface area contributed by atoms with Crippen LogP contribution in [0.25, 0.3) is 10.6 Å². The zero-order valence-electron chi connectivity index (χ0n) is 7.90. The number of thiophene rings is 1. The van der Waals surface area contributed by atoms with Gasteiger partial charge in [-0.05, 0) is 23.9 Å². The van der Waals surface area contributed by atoms with Crippen molar-refractivity contribution in [1.82, 2.24) is 9.78 Å². The van der Waals surface area contributed by atoms with E-state index in [9.17, 15) is 0 Å². The van der Waals surface area contributed by atoms with Crippen LogP contribution in [0.5, 0.6) is 0 Å². The minimum Gasteiger partial charge on any atom is -0.254 e. The van der Waals surface area contributed by atoms with Gasteiger partial charge in [0.15, 0.2) is 0 Å². The Morgan fingerprint density at radius 3 is 2.93 bits per heavy atom. The summed E-state index contributed by atoms with van der Waals surface area (Å²) in [6, 6.07) is 6.64. The van der Waals surface area contributed by atoms with Crippen molar-refractivity contribution in [3.05, 3.63) is 29.3 Å². The van der Waals surface area contributed by atoms with Gasteiger partial charge in [-0.1, -0.05) is 13.0 Å². The molecule has 0 N–H and O–H groups in total. The van der Waals surface area contributed by atoms with Crippen LogP contribution in [-0.4, -0.2) is 9.78 Å². The van der Waals surface area contributed by atoms with Crippen molar-refractivity contribution >= 4 is 22.9 Å². The lowest BCUT2D eigenvalue weighted by molar-refractivity contribution is 0.700. The van der Waals surface area contributed by atoms with Gasteiger partial charge in [0.05, 0.1) is 4.88 Å². The quantitative estimate of drug-likeness (QED) is 0.734. The SMILES string of the molecule is CCc1cc(-c2cccs2)nn1CCl. The molecule has 14 heavy (non-hydrogen) atoms. The fourth-order valence-electron chi connectivity index (χ4n) is 1.39. The molecule has 74 valence electrons. The first-order valence-corrected chi connectivity index (χ1v) is 5.93. The van der Waals surface area contributed by atoms with Crippen molar-refractivity contribution in [3.8, 4) is 10.6 Å². The van der Waals surface area contributed by atoms with Gasteiger partial charge >= 0.3 is 0 Å². The van der Waals surface area contributed by atoms with E-state index < -0.39 is 0 Å². The highest BCUT2D eigenvalue weighted by Crippen LogP contribution is 2.24. The Hall–Kier alpha value is -0.800. The zero-order valence-corrected chi connectivity index (χ0v) is 9.48. The van der Waals surface area contributed by atoms with E-state index >= 15 is 0 Å². The van der Waals surface area contributed by atoms with Crippen LogP contribution in [0, 0.1) is 0 Å². The first-order valence-electron chi connectivity index (χ1n) is 4.51. The van der Waals surface area contributed by atoms with E-state index in [-0.39, 0.29) is 0 Å². The Morgan fingerprint density at radius 2 is 2.43 bits per heavy atom. The van der Waals surface area contributed by atoms with Gasteiger partial charge in [0, 0.05) is 5.69 Å². The number of aryl methyl sites for hydroxylation is 1. The lowest BCUT2D eigenvalue weighted by atomic mass is 10.3. The van der Waals surface area contributed by atoms with Crippen molar-refractivity contribution in [1.29, 1.82) is 0 Å². The van der Waals surface area contributed by atoms with E-state index in [1.807, 2.05) is 10.7 Å². The predicted molar refractivity (Wildman–Crippen MR) is 60.8 cm³/mol. The molecular formula is C10H11ClN2S. The second-order valence-electron chi connectivity index (χ2n) is 2.97. The Kier molecular flexibility index (Phi) is 2.89. The summed E-state index contributed by atoms with van der Waals surface area (Å²) in [4.78, 5) is 1.20. The number of aromatic nitrogens is 2. The van der Waals surface area contributed by atoms with Gasteiger partial charge in [-0.15, -0.1) is 22.9 Å². The van der Waals surface area contributed by atoms with Crippen LogP contribution in [0.15, 0.2) is 23.6 Å². The van der Waals surface area contributed by atoms with Crippen molar-refractivity contribution in [2.75, 3.05) is 0 Å². The highest BCUT2D eigenvalue weighted by atomic mass is 35.5. The van der Waals surface area contributed by atoms with Gasteiger partial charge in [0.25, 0.3) is 0 Å². The number of hydrogen-bond donors (Lipinski definition) is 0. The Balaban J connectivity index is 2.41. The molecule has 2 aromatic heterocycles. The van der Waals surface area contributed by atoms with Gasteiger partial charge in [-0.25, -0.2) is 0 Å². The van der Waals surface area contributed by atoms with Crippen LogP contribution in [-0.2, 0) is 12.4 Å². The van der Waals surface area contributed by atoms with Crippen molar-refractivity contribution in [2.24, 2.45) is 0 Å². The standard InChI is InChI=1S/C10H11ClN2S/c1-2-8-6-9(12-13(8)7-11)10-4-3-5-14-10/h3-6H,2,7H2,1H3. The number of nitrogens with zero attached hydrogens (tertiary/aromatic N) is 2. The molecular weight excluding hydrogens is 216 g/mol. The Morgan fingerprint density at radius 1 is 1.57 bits per heavy atom. The maximum Gasteiger partial charge on any atom is 0.115 e. The van der Waals surface area contributed by atoms with Gasteiger partial charge in [-0.2, -0.15) is 5.10 Å². The summed E-state index contributed by atoms with van der Waals surface area (Å²) in [5.41, 5.74) is 2.21. The maximum atomic E-state index is 5.79. The van der Waals surface area contributed by atoms with Crippen molar-refractivity contribution < 1.29 is 0 Å². The Bertz CT molecular complexity index is 384. The normalized spacial score (nSPS) is 10.7. The smallest absolute Gasteiger partial charge is 0.115 e. The van der Waals surface area contributed by atoms with Crippen LogP contribution >= 0.6 is 22.9 Å². The largest absolute Gasteiger partial charge is 0.254 e. The molecule has 0 unspecified atom stereocenters. The molecule has 0 aliphatic carbocycles. The van der Waals surface area contributed by atoms with E-state index in [1.54, 1.807) is 11.3 Å². The van der Waals surface area contributed by atoms with Crippen molar-refractivity contribution in [3.63, 3.8) is 0 Å². The highest BCUT2D eigenvalue weighted by Gasteiger charge is 2.07. The highest BCUT2D eigenvalue weighted by molar-refractivity contribution is 7.13. The number of rotatable bonds is 3. The molecule has 0 bridgehead atoms. The molecule has 2 nitrogen and oxygen atoms in total. The number of hydrogen-bond acceptors (Lipinski definition) is 2. The summed E-state index contributed by atoms with van der Waals surface area (Å²) in [5, 5.41) is 6.49. The summed E-state index contributed by atoms with van der Waals surface area (Å²) < 4.78 is 1.84. The zero-order chi connectivity index (χ0) is 9.97. The minimum atomic E-state index is 0.425. The summed E-state index contributed by atoms with van der Waals surface area (Å²) in [6.07, 6.45) is 0.963. The van der Waals surface area contributed by atoms with Gasteiger partial charge < -0.3 is 0 Å². The van der Waals surface area contributed by atoms with E-state index in [0.717, 1.165) is 12.1 Å². The second-order valence-corrected chi connectivity index (χ2v) is 4.16. The molecule has 0 fully saturated rings. The van der Waals surface area contributed by atoms with Crippen LogP contribution < -0.4 is 0 Å². The van der Waals surface area contributed by atoms with Crippen LogP contribution in [0.1, 0.15) is 12.6 Å². The second kappa shape index (κ2) is 4.15. The average Bonchev–Trinajstić information content (AvgIpc) is 2.85. The molecule has 0 aliphatic heterocycles. The average molecular weight is 227 g/mol. The van der Waals surface area contributed by atoms with Crippen molar-refractivity contribution in [2.45, 2.75) is 19.3 Å². The summed E-state index contributed by atoms with van der Waals surface area (Å²) in [6.45, 7) is 2.11. The van der Waals surface area contributed by atoms with E-state index in [0.29, 0.717) is 6.00 Å². The monoisotopic (exact) mass is 226 g/mol. The molecule has 0 amide bonds. The van der Waals surface area contributed by atoms with Gasteiger partial charge in [-0.3, -0.25) is 4.68 Å².